The molecule has 0 amide bonds. The minimum atomic E-state index is -3.68. The zero-order valence-electron chi connectivity index (χ0n) is 17.1. The summed E-state index contributed by atoms with van der Waals surface area (Å²) in [4.78, 5) is 4.96. The number of nitrogens with zero attached hydrogens (tertiary/aromatic N) is 4. The van der Waals surface area contributed by atoms with Gasteiger partial charge >= 0.3 is 6.95 Å². The highest BCUT2D eigenvalue weighted by Gasteiger charge is 2.35. The van der Waals surface area contributed by atoms with E-state index in [4.69, 9.17) is 30.0 Å². The minimum Gasteiger partial charge on any atom is -0.379 e. The van der Waals surface area contributed by atoms with Crippen LogP contribution in [0, 0.1) is 0 Å². The summed E-state index contributed by atoms with van der Waals surface area (Å²) in [6.07, 6.45) is 3.90. The third kappa shape index (κ3) is 6.59. The molecule has 0 bridgehead atoms. The van der Waals surface area contributed by atoms with Crippen LogP contribution in [0.1, 0.15) is 25.7 Å². The van der Waals surface area contributed by atoms with E-state index in [9.17, 15) is 4.57 Å². The van der Waals surface area contributed by atoms with E-state index in [0.717, 1.165) is 78.3 Å². The standard InChI is InChI=1S/C18H34ClN4O5P/c19-29(24,27-22-5-1-17(2-6-22)20-9-13-25-14-10-20)28-23-7-3-18(4-8-23)21-11-15-26-16-12-21/h17-18H,1-16H2. The van der Waals surface area contributed by atoms with E-state index >= 15 is 0 Å². The van der Waals surface area contributed by atoms with E-state index in [1.54, 1.807) is 10.1 Å². The van der Waals surface area contributed by atoms with Gasteiger partial charge in [0, 0.05) is 75.7 Å². The number of halogens is 1. The highest BCUT2D eigenvalue weighted by molar-refractivity contribution is 7.81. The molecule has 0 N–H and O–H groups in total. The second-order valence-electron chi connectivity index (χ2n) is 8.21. The number of ether oxygens (including phenoxy) is 2. The first-order valence-corrected chi connectivity index (χ1v) is 13.4. The summed E-state index contributed by atoms with van der Waals surface area (Å²) in [5.41, 5.74) is 0. The van der Waals surface area contributed by atoms with Gasteiger partial charge in [-0.15, -0.1) is 0 Å². The first-order valence-electron chi connectivity index (χ1n) is 10.9. The molecule has 4 heterocycles. The molecule has 0 aromatic carbocycles. The lowest BCUT2D eigenvalue weighted by Crippen LogP contribution is -2.49. The Labute approximate surface area is 178 Å². The van der Waals surface area contributed by atoms with Crippen molar-refractivity contribution in [2.45, 2.75) is 37.8 Å². The molecule has 29 heavy (non-hydrogen) atoms. The zero-order valence-corrected chi connectivity index (χ0v) is 18.8. The molecule has 4 saturated heterocycles. The maximum atomic E-state index is 12.7. The molecule has 4 rings (SSSR count). The molecule has 0 radical (unpaired) electrons. The van der Waals surface area contributed by atoms with Gasteiger partial charge in [-0.25, -0.2) is 13.8 Å². The Hall–Kier alpha value is 0.200. The van der Waals surface area contributed by atoms with Gasteiger partial charge in [-0.2, -0.15) is 10.1 Å². The van der Waals surface area contributed by atoms with Gasteiger partial charge in [-0.05, 0) is 25.7 Å². The third-order valence-electron chi connectivity index (χ3n) is 6.40. The molecular weight excluding hydrogens is 419 g/mol. The summed E-state index contributed by atoms with van der Waals surface area (Å²) in [6.45, 7) is 6.35. The maximum Gasteiger partial charge on any atom is 0.457 e. The van der Waals surface area contributed by atoms with E-state index in [2.05, 4.69) is 9.80 Å². The third-order valence-corrected chi connectivity index (χ3v) is 7.62. The number of hydrogen-bond donors (Lipinski definition) is 0. The zero-order chi connectivity index (χ0) is 20.1. The molecule has 0 unspecified atom stereocenters. The van der Waals surface area contributed by atoms with Crippen molar-refractivity contribution in [1.82, 2.24) is 19.9 Å². The Bertz CT molecular complexity index is 504. The smallest absolute Gasteiger partial charge is 0.379 e. The van der Waals surface area contributed by atoms with Crippen LogP contribution in [0.5, 0.6) is 0 Å². The molecule has 0 aromatic rings. The molecule has 0 saturated carbocycles. The van der Waals surface area contributed by atoms with Crippen LogP contribution >= 0.6 is 18.2 Å². The van der Waals surface area contributed by atoms with Crippen molar-refractivity contribution in [3.05, 3.63) is 0 Å². The number of morpholine rings is 2. The van der Waals surface area contributed by atoms with Crippen LogP contribution in [0.25, 0.3) is 0 Å². The van der Waals surface area contributed by atoms with Crippen LogP contribution in [0.15, 0.2) is 0 Å². The van der Waals surface area contributed by atoms with E-state index in [0.29, 0.717) is 38.3 Å². The first-order chi connectivity index (χ1) is 14.1. The SMILES string of the molecule is O=P(Cl)(ON1CCC(N2CCOCC2)CC1)ON1CCC(N2CCOCC2)CC1. The number of rotatable bonds is 6. The van der Waals surface area contributed by atoms with Gasteiger partial charge < -0.3 is 9.47 Å². The number of piperidine rings is 2. The van der Waals surface area contributed by atoms with Gasteiger partial charge in [0.25, 0.3) is 0 Å². The molecular formula is C18H34ClN4O5P. The lowest BCUT2D eigenvalue weighted by Gasteiger charge is -2.41. The maximum absolute atomic E-state index is 12.7. The average Bonchev–Trinajstić information content (AvgIpc) is 2.75. The fourth-order valence-corrected chi connectivity index (χ4v) is 6.19. The van der Waals surface area contributed by atoms with Crippen molar-refractivity contribution < 1.29 is 23.3 Å². The number of hydroxylamine groups is 4. The monoisotopic (exact) mass is 452 g/mol. The molecule has 4 aliphatic heterocycles. The van der Waals surface area contributed by atoms with Crippen LogP contribution in [0.3, 0.4) is 0 Å². The van der Waals surface area contributed by atoms with Crippen molar-refractivity contribution in [3.63, 3.8) is 0 Å². The first kappa shape index (κ1) is 22.4. The van der Waals surface area contributed by atoms with Crippen molar-refractivity contribution in [2.24, 2.45) is 0 Å². The highest BCUT2D eigenvalue weighted by Crippen LogP contribution is 2.55. The molecule has 9 nitrogen and oxygen atoms in total. The topological polar surface area (TPSA) is 67.0 Å². The van der Waals surface area contributed by atoms with Crippen molar-refractivity contribution in [2.75, 3.05) is 78.8 Å². The Balaban J connectivity index is 1.16. The average molecular weight is 453 g/mol. The van der Waals surface area contributed by atoms with Gasteiger partial charge in [-0.1, -0.05) is 0 Å². The van der Waals surface area contributed by atoms with Gasteiger partial charge in [-0.3, -0.25) is 9.80 Å². The Morgan fingerprint density at radius 2 is 1.00 bits per heavy atom. The van der Waals surface area contributed by atoms with Crippen LogP contribution in [0.2, 0.25) is 0 Å². The van der Waals surface area contributed by atoms with Crippen LogP contribution in [0.4, 0.5) is 0 Å². The molecule has 4 aliphatic rings. The van der Waals surface area contributed by atoms with Crippen LogP contribution < -0.4 is 0 Å². The van der Waals surface area contributed by atoms with Crippen molar-refractivity contribution in [3.8, 4) is 0 Å². The predicted octanol–water partition coefficient (Wildman–Crippen LogP) is 1.79. The summed E-state index contributed by atoms with van der Waals surface area (Å²) >= 11 is 6.15. The summed E-state index contributed by atoms with van der Waals surface area (Å²) in [6, 6.07) is 1.07. The Kier molecular flexibility index (Phi) is 8.25. The summed E-state index contributed by atoms with van der Waals surface area (Å²) < 4.78 is 34.7. The Morgan fingerprint density at radius 3 is 1.34 bits per heavy atom. The van der Waals surface area contributed by atoms with Gasteiger partial charge in [0.1, 0.15) is 0 Å². The molecule has 0 atom stereocenters. The van der Waals surface area contributed by atoms with Crippen molar-refractivity contribution in [1.29, 1.82) is 0 Å². The quantitative estimate of drug-likeness (QED) is 0.561. The molecule has 11 heteroatoms. The summed E-state index contributed by atoms with van der Waals surface area (Å²) in [5.74, 6) is 0. The molecule has 0 spiro atoms. The van der Waals surface area contributed by atoms with Gasteiger partial charge in [0.15, 0.2) is 0 Å². The fourth-order valence-electron chi connectivity index (χ4n) is 4.75. The largest absolute Gasteiger partial charge is 0.457 e. The van der Waals surface area contributed by atoms with Gasteiger partial charge in [0.05, 0.1) is 26.4 Å². The summed E-state index contributed by atoms with van der Waals surface area (Å²) in [7, 11) is 0. The summed E-state index contributed by atoms with van der Waals surface area (Å²) in [5, 5.41) is 3.43. The lowest BCUT2D eigenvalue weighted by molar-refractivity contribution is -0.141. The van der Waals surface area contributed by atoms with Crippen LogP contribution in [-0.2, 0) is 23.3 Å². The molecule has 0 aromatic heterocycles. The molecule has 168 valence electrons. The normalized spacial score (nSPS) is 28.7. The van der Waals surface area contributed by atoms with E-state index in [1.165, 1.54) is 0 Å². The van der Waals surface area contributed by atoms with E-state index < -0.39 is 6.95 Å². The van der Waals surface area contributed by atoms with Gasteiger partial charge in [0.2, 0.25) is 0 Å². The minimum absolute atomic E-state index is 0.536. The van der Waals surface area contributed by atoms with Crippen LogP contribution in [-0.4, -0.2) is 111 Å². The van der Waals surface area contributed by atoms with E-state index in [1.807, 2.05) is 0 Å². The second-order valence-corrected chi connectivity index (χ2v) is 10.6. The molecule has 0 aliphatic carbocycles. The Morgan fingerprint density at radius 1 is 0.655 bits per heavy atom. The molecule has 4 fully saturated rings. The predicted molar refractivity (Wildman–Crippen MR) is 110 cm³/mol. The number of hydrogen-bond acceptors (Lipinski definition) is 9. The van der Waals surface area contributed by atoms with E-state index in [-0.39, 0.29) is 0 Å². The lowest BCUT2D eigenvalue weighted by atomic mass is 10.0. The fraction of sp³-hybridized carbons (Fsp3) is 1.00. The second kappa shape index (κ2) is 10.7. The highest BCUT2D eigenvalue weighted by atomic mass is 35.7. The van der Waals surface area contributed by atoms with Crippen molar-refractivity contribution >= 4 is 18.2 Å².